The first-order valence-corrected chi connectivity index (χ1v) is 8.17. The Morgan fingerprint density at radius 3 is 2.76 bits per heavy atom. The van der Waals surface area contributed by atoms with Gasteiger partial charge >= 0.3 is 0 Å². The fourth-order valence-electron chi connectivity index (χ4n) is 2.70. The lowest BCUT2D eigenvalue weighted by Crippen LogP contribution is -2.41. The summed E-state index contributed by atoms with van der Waals surface area (Å²) in [5, 5.41) is 12.5. The van der Waals surface area contributed by atoms with Crippen molar-refractivity contribution >= 4 is 21.8 Å². The first kappa shape index (κ1) is 16.3. The average molecular weight is 356 g/mol. The number of benzene rings is 1. The number of rotatable bonds is 5. The average Bonchev–Trinajstić information content (AvgIpc) is 2.94. The van der Waals surface area contributed by atoms with E-state index in [1.54, 1.807) is 6.92 Å². The van der Waals surface area contributed by atoms with Gasteiger partial charge in [-0.25, -0.2) is 0 Å². The van der Waals surface area contributed by atoms with Crippen LogP contribution in [0.25, 0.3) is 0 Å². The van der Waals surface area contributed by atoms with Gasteiger partial charge in [0, 0.05) is 16.1 Å². The first-order chi connectivity index (χ1) is 10.0. The van der Waals surface area contributed by atoms with Crippen molar-refractivity contribution in [3.05, 3.63) is 27.7 Å². The van der Waals surface area contributed by atoms with Crippen LogP contribution in [0.15, 0.2) is 16.6 Å². The first-order valence-electron chi connectivity index (χ1n) is 7.38. The Hall–Kier alpha value is -1.07. The second kappa shape index (κ2) is 7.27. The molecule has 1 unspecified atom stereocenters. The Bertz CT molecular complexity index is 512. The van der Waals surface area contributed by atoms with Crippen LogP contribution in [0.3, 0.4) is 0 Å². The summed E-state index contributed by atoms with van der Waals surface area (Å²) in [4.78, 5) is 12.2. The van der Waals surface area contributed by atoms with E-state index < -0.39 is 6.10 Å². The quantitative estimate of drug-likeness (QED) is 0.853. The maximum atomic E-state index is 12.2. The normalized spacial score (nSPS) is 16.8. The Labute approximate surface area is 134 Å². The molecule has 5 heteroatoms. The zero-order chi connectivity index (χ0) is 15.4. The van der Waals surface area contributed by atoms with Gasteiger partial charge in [0.25, 0.3) is 5.91 Å². The van der Waals surface area contributed by atoms with Crippen LogP contribution in [0.4, 0.5) is 0 Å². The van der Waals surface area contributed by atoms with Crippen molar-refractivity contribution in [2.45, 2.75) is 58.3 Å². The molecule has 1 amide bonds. The molecule has 1 saturated carbocycles. The molecule has 1 fully saturated rings. The maximum Gasteiger partial charge on any atom is 0.260 e. The van der Waals surface area contributed by atoms with Crippen LogP contribution >= 0.6 is 15.9 Å². The molecule has 0 bridgehead atoms. The van der Waals surface area contributed by atoms with Crippen molar-refractivity contribution in [3.63, 3.8) is 0 Å². The van der Waals surface area contributed by atoms with Gasteiger partial charge in [0.05, 0.1) is 6.61 Å². The summed E-state index contributed by atoms with van der Waals surface area (Å²) < 4.78 is 6.69. The molecular formula is C16H22BrNO3. The van der Waals surface area contributed by atoms with Crippen LogP contribution in [-0.2, 0) is 11.4 Å². The molecule has 116 valence electrons. The number of nitrogens with one attached hydrogen (secondary N) is 1. The number of amides is 1. The van der Waals surface area contributed by atoms with Gasteiger partial charge in [-0.05, 0) is 44.4 Å². The molecule has 1 aromatic carbocycles. The zero-order valence-electron chi connectivity index (χ0n) is 12.5. The third-order valence-corrected chi connectivity index (χ3v) is 4.31. The van der Waals surface area contributed by atoms with E-state index in [1.165, 1.54) is 12.8 Å². The van der Waals surface area contributed by atoms with E-state index in [-0.39, 0.29) is 18.6 Å². The van der Waals surface area contributed by atoms with Crippen molar-refractivity contribution in [2.24, 2.45) is 0 Å². The van der Waals surface area contributed by atoms with Gasteiger partial charge in [0.1, 0.15) is 5.75 Å². The summed E-state index contributed by atoms with van der Waals surface area (Å²) in [7, 11) is 0. The van der Waals surface area contributed by atoms with Crippen LogP contribution in [0.2, 0.25) is 0 Å². The number of halogens is 1. The number of hydrogen-bond acceptors (Lipinski definition) is 3. The number of aliphatic hydroxyl groups excluding tert-OH is 1. The lowest BCUT2D eigenvalue weighted by Gasteiger charge is -2.20. The largest absolute Gasteiger partial charge is 0.480 e. The SMILES string of the molecule is Cc1cc(Br)cc(CO)c1OC(C)C(=O)NC1CCCC1. The number of aliphatic hydroxyl groups is 1. The van der Waals surface area contributed by atoms with Gasteiger partial charge in [-0.1, -0.05) is 28.8 Å². The van der Waals surface area contributed by atoms with Gasteiger partial charge < -0.3 is 15.2 Å². The zero-order valence-corrected chi connectivity index (χ0v) is 14.1. The summed E-state index contributed by atoms with van der Waals surface area (Å²) in [6.45, 7) is 3.53. The van der Waals surface area contributed by atoms with Gasteiger partial charge in [0.15, 0.2) is 6.10 Å². The third-order valence-electron chi connectivity index (χ3n) is 3.85. The number of hydrogen-bond donors (Lipinski definition) is 2. The predicted molar refractivity (Wildman–Crippen MR) is 85.3 cm³/mol. The number of carbonyl (C=O) groups excluding carboxylic acids is 1. The molecule has 0 aromatic heterocycles. The lowest BCUT2D eigenvalue weighted by atomic mass is 10.1. The topological polar surface area (TPSA) is 58.6 Å². The predicted octanol–water partition coefficient (Wildman–Crippen LogP) is 3.08. The Morgan fingerprint density at radius 2 is 2.14 bits per heavy atom. The fourth-order valence-corrected chi connectivity index (χ4v) is 3.32. The second-order valence-electron chi connectivity index (χ2n) is 5.62. The van der Waals surface area contributed by atoms with Crippen LogP contribution in [0, 0.1) is 6.92 Å². The molecule has 1 aliphatic rings. The second-order valence-corrected chi connectivity index (χ2v) is 6.53. The van der Waals surface area contributed by atoms with E-state index in [4.69, 9.17) is 4.74 Å². The van der Waals surface area contributed by atoms with Crippen molar-refractivity contribution in [1.82, 2.24) is 5.32 Å². The van der Waals surface area contributed by atoms with Crippen LogP contribution in [0.1, 0.15) is 43.7 Å². The molecule has 1 aliphatic carbocycles. The molecule has 1 aromatic rings. The number of aryl methyl sites for hydroxylation is 1. The molecule has 4 nitrogen and oxygen atoms in total. The summed E-state index contributed by atoms with van der Waals surface area (Å²) in [5.74, 6) is 0.503. The molecule has 2 N–H and O–H groups in total. The highest BCUT2D eigenvalue weighted by Crippen LogP contribution is 2.29. The number of ether oxygens (including phenoxy) is 1. The highest BCUT2D eigenvalue weighted by Gasteiger charge is 2.22. The lowest BCUT2D eigenvalue weighted by molar-refractivity contribution is -0.128. The molecule has 21 heavy (non-hydrogen) atoms. The Morgan fingerprint density at radius 1 is 1.48 bits per heavy atom. The van der Waals surface area contributed by atoms with E-state index >= 15 is 0 Å². The van der Waals surface area contributed by atoms with Crippen molar-refractivity contribution < 1.29 is 14.6 Å². The van der Waals surface area contributed by atoms with Crippen molar-refractivity contribution in [2.75, 3.05) is 0 Å². The van der Waals surface area contributed by atoms with Crippen LogP contribution in [-0.4, -0.2) is 23.2 Å². The van der Waals surface area contributed by atoms with Gasteiger partial charge in [-0.3, -0.25) is 4.79 Å². The molecule has 0 spiro atoms. The monoisotopic (exact) mass is 355 g/mol. The molecule has 0 heterocycles. The minimum absolute atomic E-state index is 0.0897. The minimum atomic E-state index is -0.573. The van der Waals surface area contributed by atoms with E-state index in [1.807, 2.05) is 19.1 Å². The molecule has 1 atom stereocenters. The van der Waals surface area contributed by atoms with E-state index in [0.29, 0.717) is 11.3 Å². The van der Waals surface area contributed by atoms with Gasteiger partial charge in [-0.15, -0.1) is 0 Å². The summed E-state index contributed by atoms with van der Waals surface area (Å²) in [5.41, 5.74) is 1.58. The van der Waals surface area contributed by atoms with Crippen molar-refractivity contribution in [3.8, 4) is 5.75 Å². The Balaban J connectivity index is 2.04. The number of carbonyl (C=O) groups is 1. The van der Waals surface area contributed by atoms with E-state index in [0.717, 1.165) is 22.9 Å². The summed E-state index contributed by atoms with van der Waals surface area (Å²) >= 11 is 3.40. The third kappa shape index (κ3) is 4.20. The van der Waals surface area contributed by atoms with Crippen LogP contribution in [0.5, 0.6) is 5.75 Å². The minimum Gasteiger partial charge on any atom is -0.480 e. The fraction of sp³-hybridized carbons (Fsp3) is 0.562. The highest BCUT2D eigenvalue weighted by atomic mass is 79.9. The van der Waals surface area contributed by atoms with E-state index in [9.17, 15) is 9.90 Å². The van der Waals surface area contributed by atoms with Crippen LogP contribution < -0.4 is 10.1 Å². The summed E-state index contributed by atoms with van der Waals surface area (Å²) in [6.07, 6.45) is 3.90. The molecule has 0 radical (unpaired) electrons. The molecule has 0 aliphatic heterocycles. The van der Waals surface area contributed by atoms with Gasteiger partial charge in [-0.2, -0.15) is 0 Å². The summed E-state index contributed by atoms with van der Waals surface area (Å²) in [6, 6.07) is 4.01. The van der Waals surface area contributed by atoms with Gasteiger partial charge in [0.2, 0.25) is 0 Å². The van der Waals surface area contributed by atoms with E-state index in [2.05, 4.69) is 21.2 Å². The van der Waals surface area contributed by atoms with Crippen molar-refractivity contribution in [1.29, 1.82) is 0 Å². The smallest absolute Gasteiger partial charge is 0.260 e. The molecule has 0 saturated heterocycles. The molecular weight excluding hydrogens is 334 g/mol. The highest BCUT2D eigenvalue weighted by molar-refractivity contribution is 9.10. The standard InChI is InChI=1S/C16H22BrNO3/c1-10-7-13(17)8-12(9-19)15(10)21-11(2)16(20)18-14-5-3-4-6-14/h7-8,11,14,19H,3-6,9H2,1-2H3,(H,18,20). The molecule has 2 rings (SSSR count). The Kier molecular flexibility index (Phi) is 5.65. The maximum absolute atomic E-state index is 12.2.